The van der Waals surface area contributed by atoms with Gasteiger partial charge in [0.05, 0.1) is 18.3 Å². The molecule has 0 spiro atoms. The Morgan fingerprint density at radius 2 is 2.31 bits per heavy atom. The molecule has 0 radical (unpaired) electrons. The molecular formula is C20H25N3O3. The van der Waals surface area contributed by atoms with E-state index in [-0.39, 0.29) is 11.5 Å². The molecule has 2 atom stereocenters. The highest BCUT2D eigenvalue weighted by atomic mass is 16.5. The molecule has 6 nitrogen and oxygen atoms in total. The Balaban J connectivity index is 1.65. The first-order chi connectivity index (χ1) is 12.5. The quantitative estimate of drug-likeness (QED) is 0.831. The average molecular weight is 355 g/mol. The molecule has 2 heterocycles. The molecule has 3 N–H and O–H groups in total. The summed E-state index contributed by atoms with van der Waals surface area (Å²) in [6, 6.07) is 5.43. The van der Waals surface area contributed by atoms with E-state index >= 15 is 0 Å². The van der Waals surface area contributed by atoms with Gasteiger partial charge in [0.15, 0.2) is 0 Å². The number of pyridine rings is 1. The Labute approximate surface area is 153 Å². The van der Waals surface area contributed by atoms with Crippen molar-refractivity contribution in [3.8, 4) is 11.6 Å². The van der Waals surface area contributed by atoms with Crippen LogP contribution in [0.1, 0.15) is 37.0 Å². The van der Waals surface area contributed by atoms with Gasteiger partial charge in [-0.25, -0.2) is 4.98 Å². The van der Waals surface area contributed by atoms with E-state index in [9.17, 15) is 4.79 Å². The number of benzene rings is 1. The second-order valence-corrected chi connectivity index (χ2v) is 7.73. The van der Waals surface area contributed by atoms with Crippen LogP contribution in [0.3, 0.4) is 0 Å². The van der Waals surface area contributed by atoms with Crippen LogP contribution in [0.2, 0.25) is 0 Å². The maximum atomic E-state index is 11.8. The van der Waals surface area contributed by atoms with E-state index in [4.69, 9.17) is 15.2 Å². The van der Waals surface area contributed by atoms with Crippen LogP contribution in [-0.4, -0.2) is 36.7 Å². The van der Waals surface area contributed by atoms with E-state index in [1.54, 1.807) is 12.3 Å². The maximum absolute atomic E-state index is 11.8. The Hall–Kier alpha value is -2.34. The van der Waals surface area contributed by atoms with Crippen molar-refractivity contribution in [2.24, 2.45) is 17.1 Å². The number of primary amides is 1. The fourth-order valence-electron chi connectivity index (χ4n) is 3.94. The average Bonchev–Trinajstić information content (AvgIpc) is 3.33. The molecule has 138 valence electrons. The van der Waals surface area contributed by atoms with Gasteiger partial charge in [-0.15, -0.1) is 0 Å². The van der Waals surface area contributed by atoms with Crippen molar-refractivity contribution in [1.82, 2.24) is 10.3 Å². The van der Waals surface area contributed by atoms with Crippen LogP contribution in [-0.2, 0) is 0 Å². The first-order valence-electron chi connectivity index (χ1n) is 9.21. The molecule has 1 aromatic heterocycles. The normalized spacial score (nSPS) is 24.3. The fraction of sp³-hybridized carbons (Fsp3) is 0.500. The van der Waals surface area contributed by atoms with Gasteiger partial charge in [0.25, 0.3) is 5.91 Å². The summed E-state index contributed by atoms with van der Waals surface area (Å²) in [5.41, 5.74) is 6.16. The lowest BCUT2D eigenvalue weighted by molar-refractivity contribution is 0.0994. The minimum Gasteiger partial charge on any atom is -0.490 e. The van der Waals surface area contributed by atoms with E-state index < -0.39 is 5.91 Å². The maximum Gasteiger partial charge on any atom is 0.252 e. The highest BCUT2D eigenvalue weighted by Crippen LogP contribution is 2.55. The molecule has 1 saturated carbocycles. The van der Waals surface area contributed by atoms with E-state index in [1.165, 1.54) is 12.8 Å². The second-order valence-electron chi connectivity index (χ2n) is 7.73. The summed E-state index contributed by atoms with van der Waals surface area (Å²) in [5, 5.41) is 5.17. The number of nitrogens with zero attached hydrogens (tertiary/aromatic N) is 1. The summed E-state index contributed by atoms with van der Waals surface area (Å²) in [6.07, 6.45) is 4.08. The fourth-order valence-corrected chi connectivity index (χ4v) is 3.94. The van der Waals surface area contributed by atoms with E-state index in [0.717, 1.165) is 29.8 Å². The van der Waals surface area contributed by atoms with Crippen molar-refractivity contribution in [3.05, 3.63) is 30.0 Å². The van der Waals surface area contributed by atoms with Crippen LogP contribution in [0.15, 0.2) is 24.4 Å². The van der Waals surface area contributed by atoms with Gasteiger partial charge in [0.1, 0.15) is 5.75 Å². The lowest BCUT2D eigenvalue weighted by atomic mass is 10.00. The number of fused-ring (bicyclic) bond motifs is 2. The number of amides is 1. The van der Waals surface area contributed by atoms with Gasteiger partial charge in [-0.1, -0.05) is 0 Å². The molecule has 1 amide bonds. The highest BCUT2D eigenvalue weighted by Gasteiger charge is 2.55. The number of nitrogens with two attached hydrogens (primary N) is 1. The van der Waals surface area contributed by atoms with Gasteiger partial charge >= 0.3 is 0 Å². The number of rotatable bonds is 6. The lowest BCUT2D eigenvalue weighted by Crippen LogP contribution is -2.35. The molecule has 1 aliphatic heterocycles. The Morgan fingerprint density at radius 3 is 3.04 bits per heavy atom. The van der Waals surface area contributed by atoms with Gasteiger partial charge in [-0.3, -0.25) is 4.79 Å². The number of aromatic nitrogens is 1. The van der Waals surface area contributed by atoms with E-state index in [2.05, 4.69) is 10.3 Å². The highest BCUT2D eigenvalue weighted by molar-refractivity contribution is 6.01. The molecule has 4 rings (SSSR count). The number of ether oxygens (including phenoxy) is 2. The van der Waals surface area contributed by atoms with Crippen LogP contribution in [0.4, 0.5) is 0 Å². The zero-order chi connectivity index (χ0) is 18.3. The van der Waals surface area contributed by atoms with Crippen molar-refractivity contribution in [3.63, 3.8) is 0 Å². The molecule has 1 unspecified atom stereocenters. The molecule has 26 heavy (non-hydrogen) atoms. The first kappa shape index (κ1) is 17.1. The summed E-state index contributed by atoms with van der Waals surface area (Å²) in [5.74, 6) is 1.31. The third kappa shape index (κ3) is 3.09. The smallest absolute Gasteiger partial charge is 0.252 e. The third-order valence-corrected chi connectivity index (χ3v) is 5.46. The summed E-state index contributed by atoms with van der Waals surface area (Å²) in [4.78, 5) is 16.2. The van der Waals surface area contributed by atoms with Gasteiger partial charge < -0.3 is 20.5 Å². The molecular weight excluding hydrogens is 330 g/mol. The SMILES string of the molecule is CC(C)Oc1cc2c(OCC34CNCC[C@H]3C4)nccc2cc1C(N)=O. The largest absolute Gasteiger partial charge is 0.490 e. The Kier molecular flexibility index (Phi) is 4.23. The number of piperidine rings is 1. The molecule has 1 aliphatic carbocycles. The zero-order valence-electron chi connectivity index (χ0n) is 15.2. The predicted octanol–water partition coefficient (Wildman–Crippen LogP) is 2.50. The van der Waals surface area contributed by atoms with Gasteiger partial charge in [-0.2, -0.15) is 0 Å². The summed E-state index contributed by atoms with van der Waals surface area (Å²) < 4.78 is 11.9. The lowest BCUT2D eigenvalue weighted by Gasteiger charge is -2.23. The Morgan fingerprint density at radius 1 is 1.46 bits per heavy atom. The van der Waals surface area contributed by atoms with Crippen molar-refractivity contribution in [2.45, 2.75) is 32.8 Å². The number of nitrogens with one attached hydrogen (secondary N) is 1. The number of carbonyl (C=O) groups excluding carboxylic acids is 1. The monoisotopic (exact) mass is 355 g/mol. The van der Waals surface area contributed by atoms with Gasteiger partial charge in [0.2, 0.25) is 5.88 Å². The molecule has 6 heteroatoms. The minimum atomic E-state index is -0.505. The summed E-state index contributed by atoms with van der Waals surface area (Å²) in [6.45, 7) is 6.60. The second kappa shape index (κ2) is 6.43. The summed E-state index contributed by atoms with van der Waals surface area (Å²) in [7, 11) is 0. The van der Waals surface area contributed by atoms with Gasteiger partial charge in [-0.05, 0) is 62.7 Å². The van der Waals surface area contributed by atoms with Crippen LogP contribution in [0, 0.1) is 11.3 Å². The molecule has 2 aliphatic rings. The predicted molar refractivity (Wildman–Crippen MR) is 99.5 cm³/mol. The topological polar surface area (TPSA) is 86.5 Å². The number of hydrogen-bond donors (Lipinski definition) is 2. The zero-order valence-corrected chi connectivity index (χ0v) is 15.2. The van der Waals surface area contributed by atoms with Crippen molar-refractivity contribution < 1.29 is 14.3 Å². The molecule has 2 fully saturated rings. The van der Waals surface area contributed by atoms with Crippen molar-refractivity contribution >= 4 is 16.7 Å². The molecule has 1 saturated heterocycles. The minimum absolute atomic E-state index is 0.0639. The number of hydrogen-bond acceptors (Lipinski definition) is 5. The Bertz CT molecular complexity index is 852. The van der Waals surface area contributed by atoms with E-state index in [0.29, 0.717) is 23.8 Å². The van der Waals surface area contributed by atoms with Crippen molar-refractivity contribution in [1.29, 1.82) is 0 Å². The van der Waals surface area contributed by atoms with Crippen LogP contribution in [0.25, 0.3) is 10.8 Å². The molecule has 0 bridgehead atoms. The van der Waals surface area contributed by atoms with E-state index in [1.807, 2.05) is 26.0 Å². The van der Waals surface area contributed by atoms with Crippen molar-refractivity contribution in [2.75, 3.05) is 19.7 Å². The van der Waals surface area contributed by atoms with Gasteiger partial charge in [0, 0.05) is 23.5 Å². The van der Waals surface area contributed by atoms with Crippen LogP contribution in [0.5, 0.6) is 11.6 Å². The standard InChI is InChI=1S/C20H25N3O3/c1-12(2)26-17-8-15-13(7-16(17)18(21)24)3-6-23-19(15)25-11-20-9-14(20)4-5-22-10-20/h3,6-8,12,14,22H,4-5,9-11H2,1-2H3,(H2,21,24)/t14-,20?/m0/s1. The van der Waals surface area contributed by atoms with Crippen LogP contribution < -0.4 is 20.5 Å². The first-order valence-corrected chi connectivity index (χ1v) is 9.21. The summed E-state index contributed by atoms with van der Waals surface area (Å²) >= 11 is 0. The van der Waals surface area contributed by atoms with Crippen LogP contribution >= 0.6 is 0 Å². The molecule has 2 aromatic rings. The molecule has 1 aromatic carbocycles. The number of carbonyl (C=O) groups is 1. The third-order valence-electron chi connectivity index (χ3n) is 5.46.